The van der Waals surface area contributed by atoms with E-state index in [2.05, 4.69) is 23.9 Å². The van der Waals surface area contributed by atoms with Crippen LogP contribution in [0.15, 0.2) is 11.2 Å². The zero-order valence-electron chi connectivity index (χ0n) is 12.8. The van der Waals surface area contributed by atoms with Crippen LogP contribution in [0.2, 0.25) is 0 Å². The van der Waals surface area contributed by atoms with Gasteiger partial charge in [-0.2, -0.15) is 0 Å². The zero-order chi connectivity index (χ0) is 15.5. The first-order chi connectivity index (χ1) is 9.91. The monoisotopic (exact) mass is 333 g/mol. The quantitative estimate of drug-likeness (QED) is 0.751. The number of aryl methyl sites for hydroxylation is 2. The van der Waals surface area contributed by atoms with Crippen molar-refractivity contribution in [1.82, 2.24) is 14.5 Å². The number of hydrogen-bond acceptors (Lipinski definition) is 4. The van der Waals surface area contributed by atoms with E-state index in [0.29, 0.717) is 6.04 Å². The van der Waals surface area contributed by atoms with E-state index in [1.54, 1.807) is 6.20 Å². The normalized spacial score (nSPS) is 20.8. The Labute approximate surface area is 131 Å². The predicted molar refractivity (Wildman–Crippen MR) is 84.1 cm³/mol. The first kappa shape index (κ1) is 16.8. The van der Waals surface area contributed by atoms with Crippen molar-refractivity contribution in [2.24, 2.45) is 0 Å². The highest BCUT2D eigenvalue weighted by Gasteiger charge is 2.21. The molecule has 120 valence electrons. The van der Waals surface area contributed by atoms with Gasteiger partial charge < -0.3 is 9.47 Å². The molecule has 0 spiro atoms. The summed E-state index contributed by atoms with van der Waals surface area (Å²) in [5.74, 6) is 0.815. The maximum atomic E-state index is 11.4. The average Bonchev–Trinajstić information content (AvgIpc) is 2.82. The summed E-state index contributed by atoms with van der Waals surface area (Å²) in [4.78, 5) is 6.59. The second kappa shape index (κ2) is 7.11. The Morgan fingerprint density at radius 1 is 1.43 bits per heavy atom. The highest BCUT2D eigenvalue weighted by Crippen LogP contribution is 2.20. The molecule has 0 N–H and O–H groups in total. The molecule has 1 aromatic heterocycles. The Hall–Kier alpha value is -0.590. The second-order valence-electron chi connectivity index (χ2n) is 5.80. The van der Waals surface area contributed by atoms with Gasteiger partial charge in [0, 0.05) is 35.9 Å². The predicted octanol–water partition coefficient (Wildman–Crippen LogP) is 2.64. The van der Waals surface area contributed by atoms with E-state index in [-0.39, 0.29) is 5.03 Å². The van der Waals surface area contributed by atoms with E-state index in [0.717, 1.165) is 38.2 Å². The van der Waals surface area contributed by atoms with Gasteiger partial charge in [-0.1, -0.05) is 13.3 Å². The molecule has 1 unspecified atom stereocenters. The molecule has 2 rings (SSSR count). The van der Waals surface area contributed by atoms with E-state index in [9.17, 15) is 8.42 Å². The minimum absolute atomic E-state index is 0.0235. The van der Waals surface area contributed by atoms with Crippen LogP contribution in [0.1, 0.15) is 44.9 Å². The molecule has 5 nitrogen and oxygen atoms in total. The average molecular weight is 334 g/mol. The Balaban J connectivity index is 2.09. The highest BCUT2D eigenvalue weighted by atomic mass is 35.7. The first-order valence-corrected chi connectivity index (χ1v) is 9.93. The van der Waals surface area contributed by atoms with Crippen LogP contribution < -0.4 is 0 Å². The smallest absolute Gasteiger partial charge is 0.280 e. The van der Waals surface area contributed by atoms with Crippen LogP contribution in [0.4, 0.5) is 0 Å². The lowest BCUT2D eigenvalue weighted by Gasteiger charge is -2.32. The van der Waals surface area contributed by atoms with Crippen molar-refractivity contribution >= 4 is 19.7 Å². The molecular formula is C14H24ClN3O2S. The number of imidazole rings is 1. The SMILES string of the molecule is CCCc1nc(S(=O)(=O)Cl)cn1CCC1CCCCN1C. The van der Waals surface area contributed by atoms with Crippen LogP contribution in [0.3, 0.4) is 0 Å². The lowest BCUT2D eigenvalue weighted by molar-refractivity contribution is 0.170. The number of likely N-dealkylation sites (tertiary alicyclic amines) is 1. The minimum atomic E-state index is -3.75. The molecule has 1 saturated heterocycles. The molecular weight excluding hydrogens is 310 g/mol. The van der Waals surface area contributed by atoms with Gasteiger partial charge in [0.15, 0.2) is 5.03 Å². The van der Waals surface area contributed by atoms with E-state index in [4.69, 9.17) is 10.7 Å². The highest BCUT2D eigenvalue weighted by molar-refractivity contribution is 8.13. The molecule has 0 bridgehead atoms. The molecule has 7 heteroatoms. The third-order valence-electron chi connectivity index (χ3n) is 4.19. The molecule has 0 aromatic carbocycles. The van der Waals surface area contributed by atoms with Crippen LogP contribution in [-0.4, -0.2) is 42.5 Å². The molecule has 1 aromatic rings. The second-order valence-corrected chi connectivity index (χ2v) is 8.31. The summed E-state index contributed by atoms with van der Waals surface area (Å²) >= 11 is 0. The van der Waals surface area contributed by atoms with Crippen molar-refractivity contribution in [3.63, 3.8) is 0 Å². The van der Waals surface area contributed by atoms with Crippen molar-refractivity contribution in [3.05, 3.63) is 12.0 Å². The molecule has 0 radical (unpaired) electrons. The molecule has 0 amide bonds. The van der Waals surface area contributed by atoms with Gasteiger partial charge in [0.1, 0.15) is 5.82 Å². The largest absolute Gasteiger partial charge is 0.333 e. The standard InChI is InChI=1S/C14H24ClN3O2S/c1-3-6-13-16-14(21(15,19)20)11-18(13)10-8-12-7-4-5-9-17(12)2/h11-12H,3-10H2,1-2H3. The van der Waals surface area contributed by atoms with Crippen LogP contribution in [0, 0.1) is 0 Å². The van der Waals surface area contributed by atoms with Gasteiger partial charge in [0.05, 0.1) is 0 Å². The Morgan fingerprint density at radius 3 is 2.81 bits per heavy atom. The van der Waals surface area contributed by atoms with Crippen LogP contribution >= 0.6 is 10.7 Å². The van der Waals surface area contributed by atoms with Gasteiger partial charge in [-0.3, -0.25) is 0 Å². The van der Waals surface area contributed by atoms with Crippen LogP contribution in [-0.2, 0) is 22.0 Å². The van der Waals surface area contributed by atoms with Gasteiger partial charge in [-0.15, -0.1) is 0 Å². The first-order valence-electron chi connectivity index (χ1n) is 7.62. The fraction of sp³-hybridized carbons (Fsp3) is 0.786. The molecule has 1 atom stereocenters. The van der Waals surface area contributed by atoms with Crippen LogP contribution in [0.25, 0.3) is 0 Å². The molecule has 1 aliphatic heterocycles. The summed E-state index contributed by atoms with van der Waals surface area (Å²) in [6.07, 6.45) is 8.07. The number of piperidine rings is 1. The van der Waals surface area contributed by atoms with E-state index in [1.165, 1.54) is 19.3 Å². The van der Waals surface area contributed by atoms with Crippen LogP contribution in [0.5, 0.6) is 0 Å². The Morgan fingerprint density at radius 2 is 2.19 bits per heavy atom. The Bertz CT molecular complexity index is 571. The van der Waals surface area contributed by atoms with Crippen molar-refractivity contribution in [2.75, 3.05) is 13.6 Å². The molecule has 1 aliphatic rings. The lowest BCUT2D eigenvalue weighted by atomic mass is 10.0. The van der Waals surface area contributed by atoms with Crippen molar-refractivity contribution in [2.45, 2.75) is 63.1 Å². The summed E-state index contributed by atoms with van der Waals surface area (Å²) in [5, 5.41) is -0.0235. The fourth-order valence-electron chi connectivity index (χ4n) is 2.96. The summed E-state index contributed by atoms with van der Waals surface area (Å²) in [7, 11) is 3.82. The molecule has 1 fully saturated rings. The third-order valence-corrected chi connectivity index (χ3v) is 5.36. The van der Waals surface area contributed by atoms with Crippen molar-refractivity contribution in [3.8, 4) is 0 Å². The molecule has 0 aliphatic carbocycles. The van der Waals surface area contributed by atoms with Gasteiger partial charge >= 0.3 is 0 Å². The number of rotatable bonds is 6. The van der Waals surface area contributed by atoms with Gasteiger partial charge in [0.25, 0.3) is 9.05 Å². The van der Waals surface area contributed by atoms with E-state index >= 15 is 0 Å². The molecule has 2 heterocycles. The fourth-order valence-corrected chi connectivity index (χ4v) is 3.65. The summed E-state index contributed by atoms with van der Waals surface area (Å²) in [6, 6.07) is 0.576. The summed E-state index contributed by atoms with van der Waals surface area (Å²) in [6.45, 7) is 4.00. The topological polar surface area (TPSA) is 55.2 Å². The number of halogens is 1. The molecule has 0 saturated carbocycles. The van der Waals surface area contributed by atoms with Gasteiger partial charge in [-0.25, -0.2) is 13.4 Å². The third kappa shape index (κ3) is 4.44. The van der Waals surface area contributed by atoms with Gasteiger partial charge in [-0.05, 0) is 39.3 Å². The maximum Gasteiger partial charge on any atom is 0.280 e. The van der Waals surface area contributed by atoms with Crippen molar-refractivity contribution in [1.29, 1.82) is 0 Å². The number of hydrogen-bond donors (Lipinski definition) is 0. The van der Waals surface area contributed by atoms with E-state index in [1.807, 2.05) is 4.57 Å². The minimum Gasteiger partial charge on any atom is -0.333 e. The summed E-state index contributed by atoms with van der Waals surface area (Å²) in [5.41, 5.74) is 0. The lowest BCUT2D eigenvalue weighted by Crippen LogP contribution is -2.36. The Kier molecular flexibility index (Phi) is 5.68. The van der Waals surface area contributed by atoms with E-state index < -0.39 is 9.05 Å². The summed E-state index contributed by atoms with van der Waals surface area (Å²) < 4.78 is 24.8. The number of aromatic nitrogens is 2. The molecule has 21 heavy (non-hydrogen) atoms. The zero-order valence-corrected chi connectivity index (χ0v) is 14.3. The maximum absolute atomic E-state index is 11.4. The van der Waals surface area contributed by atoms with Crippen molar-refractivity contribution < 1.29 is 8.42 Å². The number of nitrogens with zero attached hydrogens (tertiary/aromatic N) is 3. The van der Waals surface area contributed by atoms with Gasteiger partial charge in [0.2, 0.25) is 0 Å².